The number of hydrogen-bond acceptors (Lipinski definition) is 5. The van der Waals surface area contributed by atoms with Crippen LogP contribution in [0.15, 0.2) is 24.3 Å². The summed E-state index contributed by atoms with van der Waals surface area (Å²) in [6.07, 6.45) is 6.45. The normalized spacial score (nSPS) is 12.8. The molecule has 31 heavy (non-hydrogen) atoms. The van der Waals surface area contributed by atoms with Gasteiger partial charge in [0.25, 0.3) is 0 Å². The molecule has 8 heteroatoms. The van der Waals surface area contributed by atoms with E-state index in [0.29, 0.717) is 17.7 Å². The maximum atomic E-state index is 13.1. The molecule has 0 heterocycles. The lowest BCUT2D eigenvalue weighted by molar-refractivity contribution is -0.140. The highest BCUT2D eigenvalue weighted by atomic mass is 32.1. The number of alkyl carbamates (subject to hydrolysis) is 1. The Morgan fingerprint density at radius 3 is 2.32 bits per heavy atom. The van der Waals surface area contributed by atoms with Crippen LogP contribution < -0.4 is 10.6 Å². The summed E-state index contributed by atoms with van der Waals surface area (Å²) in [6.45, 7) is 7.71. The van der Waals surface area contributed by atoms with Gasteiger partial charge >= 0.3 is 6.09 Å². The molecule has 0 aliphatic carbocycles. The molecule has 0 spiro atoms. The van der Waals surface area contributed by atoms with Gasteiger partial charge in [-0.15, -0.1) is 6.42 Å². The van der Waals surface area contributed by atoms with E-state index in [1.54, 1.807) is 45.0 Å². The van der Waals surface area contributed by atoms with E-state index in [0.717, 1.165) is 12.8 Å². The summed E-state index contributed by atoms with van der Waals surface area (Å²) in [5, 5.41) is 5.40. The Kier molecular flexibility index (Phi) is 10.4. The number of rotatable bonds is 9. The standard InChI is InChI=1S/C23H33N3O4S/c1-7-9-14-24-20(27)19(17-12-10-16(8-2)11-13-17)26(6)21(28)18(15-31)25-22(29)30-23(3,4)5/h2,10-13,18-19,31H,7,9,14-15H2,1,3-6H3,(H,24,27)(H,25,29). The molecule has 1 aromatic rings. The number of nitrogens with one attached hydrogen (secondary N) is 2. The van der Waals surface area contributed by atoms with Crippen LogP contribution in [0.2, 0.25) is 0 Å². The topological polar surface area (TPSA) is 87.7 Å². The van der Waals surface area contributed by atoms with E-state index in [9.17, 15) is 14.4 Å². The third-order valence-corrected chi connectivity index (χ3v) is 4.74. The molecule has 7 nitrogen and oxygen atoms in total. The number of thiol groups is 1. The third kappa shape index (κ3) is 8.54. The molecule has 2 N–H and O–H groups in total. The molecule has 0 radical (unpaired) electrons. The van der Waals surface area contributed by atoms with Crippen molar-refractivity contribution in [3.8, 4) is 12.3 Å². The molecule has 2 unspecified atom stereocenters. The minimum Gasteiger partial charge on any atom is -0.444 e. The molecule has 0 aliphatic heterocycles. The molecule has 0 aromatic heterocycles. The molecule has 0 aliphatic rings. The van der Waals surface area contributed by atoms with Crippen LogP contribution in [0.4, 0.5) is 4.79 Å². The lowest BCUT2D eigenvalue weighted by Gasteiger charge is -2.31. The highest BCUT2D eigenvalue weighted by molar-refractivity contribution is 7.80. The average molecular weight is 448 g/mol. The van der Waals surface area contributed by atoms with Crippen molar-refractivity contribution in [2.75, 3.05) is 19.3 Å². The molecular formula is C23H33N3O4S. The summed E-state index contributed by atoms with van der Waals surface area (Å²) in [6, 6.07) is 5.03. The van der Waals surface area contributed by atoms with Crippen LogP contribution in [0.5, 0.6) is 0 Å². The molecule has 1 rings (SSSR count). The largest absolute Gasteiger partial charge is 0.444 e. The summed E-state index contributed by atoms with van der Waals surface area (Å²) < 4.78 is 5.23. The molecule has 170 valence electrons. The molecule has 2 atom stereocenters. The van der Waals surface area contributed by atoms with Gasteiger partial charge in [-0.2, -0.15) is 12.6 Å². The summed E-state index contributed by atoms with van der Waals surface area (Å²) in [7, 11) is 1.52. The number of carbonyl (C=O) groups excluding carboxylic acids is 3. The van der Waals surface area contributed by atoms with Crippen molar-refractivity contribution < 1.29 is 19.1 Å². The van der Waals surface area contributed by atoms with E-state index in [1.165, 1.54) is 11.9 Å². The maximum Gasteiger partial charge on any atom is 0.408 e. The van der Waals surface area contributed by atoms with Crippen molar-refractivity contribution in [1.29, 1.82) is 0 Å². The van der Waals surface area contributed by atoms with E-state index in [1.807, 2.05) is 6.92 Å². The summed E-state index contributed by atoms with van der Waals surface area (Å²) in [5.41, 5.74) is 0.572. The summed E-state index contributed by atoms with van der Waals surface area (Å²) in [4.78, 5) is 39.6. The Bertz CT molecular complexity index is 797. The van der Waals surface area contributed by atoms with Crippen LogP contribution in [-0.4, -0.2) is 53.8 Å². The quantitative estimate of drug-likeness (QED) is 0.309. The van der Waals surface area contributed by atoms with Gasteiger partial charge < -0.3 is 20.3 Å². The highest BCUT2D eigenvalue weighted by Gasteiger charge is 2.33. The summed E-state index contributed by atoms with van der Waals surface area (Å²) >= 11 is 4.20. The van der Waals surface area contributed by atoms with Gasteiger partial charge in [0.2, 0.25) is 11.8 Å². The second-order valence-corrected chi connectivity index (χ2v) is 8.51. The van der Waals surface area contributed by atoms with Crippen molar-refractivity contribution >= 4 is 30.5 Å². The third-order valence-electron chi connectivity index (χ3n) is 4.38. The lowest BCUT2D eigenvalue weighted by atomic mass is 10.0. The van der Waals surface area contributed by atoms with Gasteiger partial charge in [0.1, 0.15) is 17.7 Å². The van der Waals surface area contributed by atoms with Crippen molar-refractivity contribution in [1.82, 2.24) is 15.5 Å². The second-order valence-electron chi connectivity index (χ2n) is 8.14. The molecule has 0 saturated heterocycles. The Hall–Kier alpha value is -2.66. The van der Waals surface area contributed by atoms with Crippen LogP contribution in [0, 0.1) is 12.3 Å². The fourth-order valence-electron chi connectivity index (χ4n) is 2.81. The number of nitrogens with zero attached hydrogens (tertiary/aromatic N) is 1. The van der Waals surface area contributed by atoms with Crippen LogP contribution in [0.25, 0.3) is 0 Å². The number of unbranched alkanes of at least 4 members (excludes halogenated alkanes) is 1. The smallest absolute Gasteiger partial charge is 0.408 e. The second kappa shape index (κ2) is 12.3. The van der Waals surface area contributed by atoms with Crippen molar-refractivity contribution in [2.24, 2.45) is 0 Å². The Morgan fingerprint density at radius 2 is 1.84 bits per heavy atom. The maximum absolute atomic E-state index is 13.1. The Labute approximate surface area is 190 Å². The van der Waals surface area contributed by atoms with Crippen LogP contribution >= 0.6 is 12.6 Å². The molecular weight excluding hydrogens is 414 g/mol. The minimum atomic E-state index is -0.959. The number of carbonyl (C=O) groups is 3. The van der Waals surface area contributed by atoms with Crippen LogP contribution in [-0.2, 0) is 14.3 Å². The fraction of sp³-hybridized carbons (Fsp3) is 0.522. The van der Waals surface area contributed by atoms with Gasteiger partial charge in [-0.05, 0) is 44.9 Å². The van der Waals surface area contributed by atoms with Crippen molar-refractivity contribution in [3.63, 3.8) is 0 Å². The zero-order chi connectivity index (χ0) is 23.6. The van der Waals surface area contributed by atoms with E-state index in [4.69, 9.17) is 11.2 Å². The number of ether oxygens (including phenoxy) is 1. The van der Waals surface area contributed by atoms with E-state index in [-0.39, 0.29) is 11.7 Å². The van der Waals surface area contributed by atoms with E-state index < -0.39 is 29.7 Å². The predicted octanol–water partition coefficient (Wildman–Crippen LogP) is 2.91. The molecule has 1 aromatic carbocycles. The first-order valence-electron chi connectivity index (χ1n) is 10.2. The first kappa shape index (κ1) is 26.4. The number of hydrogen-bond donors (Lipinski definition) is 3. The Balaban J connectivity index is 3.11. The van der Waals surface area contributed by atoms with Crippen molar-refractivity contribution in [3.05, 3.63) is 35.4 Å². The molecule has 0 fully saturated rings. The highest BCUT2D eigenvalue weighted by Crippen LogP contribution is 2.22. The first-order valence-corrected chi connectivity index (χ1v) is 10.9. The van der Waals surface area contributed by atoms with Crippen LogP contribution in [0.3, 0.4) is 0 Å². The van der Waals surface area contributed by atoms with Gasteiger partial charge in [0.15, 0.2) is 0 Å². The average Bonchev–Trinajstić information content (AvgIpc) is 2.71. The van der Waals surface area contributed by atoms with Gasteiger partial charge in [-0.25, -0.2) is 4.79 Å². The van der Waals surface area contributed by atoms with Crippen LogP contribution in [0.1, 0.15) is 57.7 Å². The monoisotopic (exact) mass is 447 g/mol. The van der Waals surface area contributed by atoms with Gasteiger partial charge in [-0.1, -0.05) is 31.4 Å². The first-order chi connectivity index (χ1) is 14.5. The minimum absolute atomic E-state index is 0.0443. The number of terminal acetylenes is 1. The Morgan fingerprint density at radius 1 is 1.23 bits per heavy atom. The number of benzene rings is 1. The van der Waals surface area contributed by atoms with Crippen molar-refractivity contribution in [2.45, 2.75) is 58.2 Å². The lowest BCUT2D eigenvalue weighted by Crippen LogP contribution is -2.52. The number of amides is 3. The molecule has 0 saturated carbocycles. The molecule has 3 amide bonds. The SMILES string of the molecule is C#Cc1ccc(C(C(=O)NCCCC)N(C)C(=O)C(CS)NC(=O)OC(C)(C)C)cc1. The number of likely N-dealkylation sites (N-methyl/N-ethyl adjacent to an activating group) is 1. The molecule has 0 bridgehead atoms. The predicted molar refractivity (Wildman–Crippen MR) is 125 cm³/mol. The van der Waals surface area contributed by atoms with Gasteiger partial charge in [0, 0.05) is 24.9 Å². The van der Waals surface area contributed by atoms with E-state index in [2.05, 4.69) is 29.2 Å². The zero-order valence-corrected chi connectivity index (χ0v) is 19.8. The van der Waals surface area contributed by atoms with E-state index >= 15 is 0 Å². The fourth-order valence-corrected chi connectivity index (χ4v) is 3.05. The zero-order valence-electron chi connectivity index (χ0n) is 18.9. The van der Waals surface area contributed by atoms with Gasteiger partial charge in [0.05, 0.1) is 0 Å². The summed E-state index contributed by atoms with van der Waals surface area (Å²) in [5.74, 6) is 1.80. The van der Waals surface area contributed by atoms with Gasteiger partial charge in [-0.3, -0.25) is 9.59 Å².